The number of methoxy groups -OCH3 is 2. The van der Waals surface area contributed by atoms with Gasteiger partial charge >= 0.3 is 0 Å². The Hall–Kier alpha value is -5.74. The lowest BCUT2D eigenvalue weighted by Gasteiger charge is -2.16. The molecule has 0 saturated heterocycles. The molecule has 9 rings (SSSR count). The van der Waals surface area contributed by atoms with Crippen LogP contribution >= 0.6 is 0 Å². The summed E-state index contributed by atoms with van der Waals surface area (Å²) in [6.07, 6.45) is 3.56. The summed E-state index contributed by atoms with van der Waals surface area (Å²) in [6, 6.07) is 38.6. The molecule has 0 amide bonds. The lowest BCUT2D eigenvalue weighted by Crippen LogP contribution is -1.90. The first-order valence-electron chi connectivity index (χ1n) is 14.6. The Kier molecular flexibility index (Phi) is 5.29. The van der Waals surface area contributed by atoms with E-state index in [0.717, 1.165) is 98.8 Å². The Bertz CT molecular complexity index is 2370. The number of fused-ring (bicyclic) bond motifs is 10. The van der Waals surface area contributed by atoms with Crippen molar-refractivity contribution in [3.8, 4) is 33.8 Å². The van der Waals surface area contributed by atoms with Crippen molar-refractivity contribution < 1.29 is 18.3 Å². The highest BCUT2D eigenvalue weighted by molar-refractivity contribution is 6.29. The van der Waals surface area contributed by atoms with Crippen LogP contribution < -0.4 is 9.47 Å². The van der Waals surface area contributed by atoms with Crippen LogP contribution in [0, 0.1) is 0 Å². The van der Waals surface area contributed by atoms with Crippen LogP contribution in [-0.2, 0) is 0 Å². The molecular formula is C40H26O4. The average molecular weight is 571 g/mol. The molecule has 4 heteroatoms. The van der Waals surface area contributed by atoms with Gasteiger partial charge in [-0.1, -0.05) is 48.5 Å². The largest absolute Gasteiger partial charge is 0.497 e. The molecule has 0 aliphatic rings. The molecule has 0 unspecified atom stereocenters. The van der Waals surface area contributed by atoms with E-state index in [4.69, 9.17) is 18.3 Å². The zero-order valence-electron chi connectivity index (χ0n) is 24.2. The second-order valence-corrected chi connectivity index (χ2v) is 11.3. The summed E-state index contributed by atoms with van der Waals surface area (Å²) in [4.78, 5) is 0. The minimum Gasteiger partial charge on any atom is -0.497 e. The van der Waals surface area contributed by atoms with Crippen molar-refractivity contribution in [1.82, 2.24) is 0 Å². The van der Waals surface area contributed by atoms with Crippen LogP contribution in [0.2, 0.25) is 0 Å². The van der Waals surface area contributed by atoms with Crippen LogP contribution in [0.4, 0.5) is 0 Å². The van der Waals surface area contributed by atoms with Crippen molar-refractivity contribution in [3.05, 3.63) is 122 Å². The molecule has 0 fully saturated rings. The van der Waals surface area contributed by atoms with Gasteiger partial charge < -0.3 is 18.3 Å². The molecule has 2 heterocycles. The fourth-order valence-corrected chi connectivity index (χ4v) is 6.84. The summed E-state index contributed by atoms with van der Waals surface area (Å²) in [5.74, 6) is 1.67. The smallest absolute Gasteiger partial charge is 0.142 e. The van der Waals surface area contributed by atoms with Gasteiger partial charge in [0.15, 0.2) is 0 Å². The third-order valence-electron chi connectivity index (χ3n) is 8.99. The number of ether oxygens (including phenoxy) is 2. The van der Waals surface area contributed by atoms with Gasteiger partial charge in [0.05, 0.1) is 26.7 Å². The van der Waals surface area contributed by atoms with Gasteiger partial charge in [0.2, 0.25) is 0 Å². The highest BCUT2D eigenvalue weighted by atomic mass is 16.5. The van der Waals surface area contributed by atoms with E-state index >= 15 is 0 Å². The molecular weight excluding hydrogens is 544 g/mol. The van der Waals surface area contributed by atoms with Gasteiger partial charge in [0, 0.05) is 21.5 Å². The number of furan rings is 2. The maximum atomic E-state index is 6.17. The first-order chi connectivity index (χ1) is 21.7. The lowest BCUT2D eigenvalue weighted by molar-refractivity contribution is 0.415. The van der Waals surface area contributed by atoms with E-state index in [9.17, 15) is 0 Å². The van der Waals surface area contributed by atoms with Crippen molar-refractivity contribution in [1.29, 1.82) is 0 Å². The Morgan fingerprint density at radius 1 is 0.409 bits per heavy atom. The van der Waals surface area contributed by atoms with E-state index in [1.165, 1.54) is 0 Å². The molecule has 44 heavy (non-hydrogen) atoms. The average Bonchev–Trinajstić information content (AvgIpc) is 3.77. The SMILES string of the molecule is COc1ccc(-c2cc3cc4cc(-c5ccc(OC)cc5)c5ccc6ccoc6c5c4cc3c3c2ccc2ccoc23)cc1. The van der Waals surface area contributed by atoms with Crippen molar-refractivity contribution >= 4 is 65.0 Å². The van der Waals surface area contributed by atoms with Crippen molar-refractivity contribution in [2.45, 2.75) is 0 Å². The summed E-state index contributed by atoms with van der Waals surface area (Å²) in [5.41, 5.74) is 6.33. The molecule has 4 nitrogen and oxygen atoms in total. The van der Waals surface area contributed by atoms with Crippen LogP contribution in [0.3, 0.4) is 0 Å². The van der Waals surface area contributed by atoms with E-state index in [0.29, 0.717) is 0 Å². The predicted octanol–water partition coefficient (Wildman–Crippen LogP) is 11.1. The fourth-order valence-electron chi connectivity index (χ4n) is 6.84. The minimum atomic E-state index is 0.834. The van der Waals surface area contributed by atoms with E-state index < -0.39 is 0 Å². The van der Waals surface area contributed by atoms with Gasteiger partial charge in [0.1, 0.15) is 22.7 Å². The summed E-state index contributed by atoms with van der Waals surface area (Å²) in [5, 5.41) is 11.3. The number of hydrogen-bond acceptors (Lipinski definition) is 4. The molecule has 0 atom stereocenters. The second-order valence-electron chi connectivity index (χ2n) is 11.3. The van der Waals surface area contributed by atoms with Crippen molar-refractivity contribution in [2.75, 3.05) is 14.2 Å². The molecule has 0 N–H and O–H groups in total. The summed E-state index contributed by atoms with van der Waals surface area (Å²) in [7, 11) is 3.39. The maximum absolute atomic E-state index is 6.17. The van der Waals surface area contributed by atoms with Gasteiger partial charge in [0.25, 0.3) is 0 Å². The van der Waals surface area contributed by atoms with Crippen molar-refractivity contribution in [3.63, 3.8) is 0 Å². The predicted molar refractivity (Wildman–Crippen MR) is 180 cm³/mol. The van der Waals surface area contributed by atoms with E-state index in [-0.39, 0.29) is 0 Å². The monoisotopic (exact) mass is 570 g/mol. The molecule has 0 radical (unpaired) electrons. The van der Waals surface area contributed by atoms with E-state index in [1.54, 1.807) is 26.7 Å². The molecule has 0 spiro atoms. The Balaban J connectivity index is 1.44. The van der Waals surface area contributed by atoms with Gasteiger partial charge in [-0.3, -0.25) is 0 Å². The third kappa shape index (κ3) is 3.58. The van der Waals surface area contributed by atoms with Crippen LogP contribution in [0.15, 0.2) is 131 Å². The number of rotatable bonds is 4. The van der Waals surface area contributed by atoms with Gasteiger partial charge in [-0.2, -0.15) is 0 Å². The lowest BCUT2D eigenvalue weighted by atomic mass is 9.88. The summed E-state index contributed by atoms with van der Waals surface area (Å²) in [6.45, 7) is 0. The topological polar surface area (TPSA) is 44.7 Å². The molecule has 210 valence electrons. The maximum Gasteiger partial charge on any atom is 0.142 e. The van der Waals surface area contributed by atoms with Crippen LogP contribution in [0.1, 0.15) is 0 Å². The molecule has 0 aliphatic heterocycles. The highest BCUT2D eigenvalue weighted by Crippen LogP contribution is 2.44. The first kappa shape index (κ1) is 24.8. The van der Waals surface area contributed by atoms with Gasteiger partial charge in [-0.15, -0.1) is 0 Å². The van der Waals surface area contributed by atoms with Gasteiger partial charge in [-0.05, 0) is 115 Å². The van der Waals surface area contributed by atoms with Gasteiger partial charge in [-0.25, -0.2) is 0 Å². The quantitative estimate of drug-likeness (QED) is 0.156. The molecule has 0 aliphatic carbocycles. The number of hydrogen-bond donors (Lipinski definition) is 0. The van der Waals surface area contributed by atoms with Crippen LogP contribution in [0.5, 0.6) is 11.5 Å². The summed E-state index contributed by atoms with van der Waals surface area (Å²) >= 11 is 0. The third-order valence-corrected chi connectivity index (χ3v) is 8.99. The highest BCUT2D eigenvalue weighted by Gasteiger charge is 2.18. The van der Waals surface area contributed by atoms with E-state index in [1.807, 2.05) is 36.4 Å². The normalized spacial score (nSPS) is 11.9. The first-order valence-corrected chi connectivity index (χ1v) is 14.6. The Morgan fingerprint density at radius 3 is 1.30 bits per heavy atom. The fraction of sp³-hybridized carbons (Fsp3) is 0.0500. The molecule has 9 aromatic rings. The molecule has 2 aromatic heterocycles. The van der Waals surface area contributed by atoms with Crippen LogP contribution in [-0.4, -0.2) is 14.2 Å². The second kappa shape index (κ2) is 9.38. The van der Waals surface area contributed by atoms with E-state index in [2.05, 4.69) is 72.8 Å². The zero-order chi connectivity index (χ0) is 29.4. The number of benzene rings is 7. The Morgan fingerprint density at radius 2 is 0.864 bits per heavy atom. The minimum absolute atomic E-state index is 0.834. The molecule has 7 aromatic carbocycles. The standard InChI is InChI=1S/C40H26O4/c1-41-29-9-3-23(4-10-29)33-20-27-19-28-21-34(24-5-11-30(42-2)12-6-24)32-14-8-26-16-18-44-40(26)38(32)36(28)22-35(27)37-31(33)13-7-25-15-17-43-39(25)37/h3-22H,1-2H3. The zero-order valence-corrected chi connectivity index (χ0v) is 24.2. The Labute approximate surface area is 252 Å². The summed E-state index contributed by atoms with van der Waals surface area (Å²) < 4.78 is 23.2. The molecule has 0 saturated carbocycles. The van der Waals surface area contributed by atoms with Crippen LogP contribution in [0.25, 0.3) is 87.3 Å². The van der Waals surface area contributed by atoms with Crippen molar-refractivity contribution in [2.24, 2.45) is 0 Å². The molecule has 0 bridgehead atoms.